The molecule has 3 rings (SSSR count). The van der Waals surface area contributed by atoms with E-state index in [1.807, 2.05) is 13.1 Å². The number of likely N-dealkylation sites (tertiary alicyclic amines) is 1. The van der Waals surface area contributed by atoms with E-state index in [0.29, 0.717) is 0 Å². The Hall–Kier alpha value is -1.57. The van der Waals surface area contributed by atoms with Crippen LogP contribution in [0.15, 0.2) is 27.8 Å². The molecule has 2 N–H and O–H groups in total. The van der Waals surface area contributed by atoms with E-state index in [1.54, 1.807) is 6.26 Å². The lowest BCUT2D eigenvalue weighted by molar-refractivity contribution is 0.146. The average Bonchev–Trinajstić information content (AvgIpc) is 3.17. The van der Waals surface area contributed by atoms with Crippen molar-refractivity contribution < 1.29 is 4.42 Å². The van der Waals surface area contributed by atoms with Gasteiger partial charge in [0.2, 0.25) is 0 Å². The molecule has 0 saturated carbocycles. The summed E-state index contributed by atoms with van der Waals surface area (Å²) in [6.07, 6.45) is 6.91. The van der Waals surface area contributed by atoms with Gasteiger partial charge in [0.15, 0.2) is 5.96 Å². The molecule has 1 aromatic heterocycles. The molecule has 2 fully saturated rings. The molecule has 0 amide bonds. The lowest BCUT2D eigenvalue weighted by Crippen LogP contribution is -2.46. The molecule has 0 radical (unpaired) electrons. The highest BCUT2D eigenvalue weighted by Crippen LogP contribution is 2.24. The van der Waals surface area contributed by atoms with Gasteiger partial charge in [-0.2, -0.15) is 0 Å². The third-order valence-electron chi connectivity index (χ3n) is 5.92. The van der Waals surface area contributed by atoms with Crippen LogP contribution in [-0.4, -0.2) is 93.7 Å². The molecular weight excluding hydrogens is 352 g/mol. The lowest BCUT2D eigenvalue weighted by atomic mass is 10.1. The van der Waals surface area contributed by atoms with Crippen molar-refractivity contribution in [3.63, 3.8) is 0 Å². The fraction of sp³-hybridized carbons (Fsp3) is 0.762. The number of furan rings is 1. The maximum Gasteiger partial charge on any atom is 0.191 e. The van der Waals surface area contributed by atoms with Gasteiger partial charge in [0.05, 0.1) is 12.3 Å². The van der Waals surface area contributed by atoms with E-state index in [9.17, 15) is 0 Å². The largest absolute Gasteiger partial charge is 0.468 e. The number of guanidine groups is 1. The fourth-order valence-corrected chi connectivity index (χ4v) is 4.19. The van der Waals surface area contributed by atoms with E-state index in [1.165, 1.54) is 38.8 Å². The van der Waals surface area contributed by atoms with Crippen LogP contribution in [0.4, 0.5) is 0 Å². The quantitative estimate of drug-likeness (QED) is 0.545. The second-order valence-corrected chi connectivity index (χ2v) is 8.01. The zero-order chi connectivity index (χ0) is 19.6. The smallest absolute Gasteiger partial charge is 0.191 e. The van der Waals surface area contributed by atoms with E-state index in [-0.39, 0.29) is 6.04 Å². The molecule has 3 heterocycles. The molecule has 2 aliphatic heterocycles. The summed E-state index contributed by atoms with van der Waals surface area (Å²) in [6.45, 7) is 9.77. The average molecular weight is 391 g/mol. The number of hydrogen-bond acceptors (Lipinski definition) is 5. The van der Waals surface area contributed by atoms with E-state index in [0.717, 1.165) is 57.5 Å². The summed E-state index contributed by atoms with van der Waals surface area (Å²) >= 11 is 0. The number of nitrogens with zero attached hydrogens (tertiary/aromatic N) is 4. The Bertz CT molecular complexity index is 569. The first kappa shape index (κ1) is 21.1. The number of rotatable bonds is 7. The molecule has 1 unspecified atom stereocenters. The monoisotopic (exact) mass is 390 g/mol. The molecule has 2 saturated heterocycles. The zero-order valence-electron chi connectivity index (χ0n) is 17.7. The number of nitrogens with one attached hydrogen (secondary N) is 2. The molecule has 0 spiro atoms. The Labute approximate surface area is 170 Å². The minimum atomic E-state index is 0.259. The summed E-state index contributed by atoms with van der Waals surface area (Å²) < 4.78 is 5.74. The van der Waals surface area contributed by atoms with Crippen LogP contribution in [0, 0.1) is 0 Å². The second kappa shape index (κ2) is 11.4. The van der Waals surface area contributed by atoms with Crippen LogP contribution < -0.4 is 10.6 Å². The van der Waals surface area contributed by atoms with Crippen molar-refractivity contribution in [2.75, 3.05) is 73.0 Å². The number of hydrogen-bond donors (Lipinski definition) is 2. The first-order valence-electron chi connectivity index (χ1n) is 10.9. The van der Waals surface area contributed by atoms with Crippen molar-refractivity contribution in [3.8, 4) is 0 Å². The Kier molecular flexibility index (Phi) is 8.64. The van der Waals surface area contributed by atoms with Gasteiger partial charge in [-0.05, 0) is 64.6 Å². The first-order valence-corrected chi connectivity index (χ1v) is 10.9. The third kappa shape index (κ3) is 6.50. The van der Waals surface area contributed by atoms with Crippen LogP contribution in [0.2, 0.25) is 0 Å². The maximum absolute atomic E-state index is 5.74. The van der Waals surface area contributed by atoms with Crippen molar-refractivity contribution in [2.45, 2.75) is 31.7 Å². The molecule has 1 aromatic rings. The molecule has 7 heteroatoms. The van der Waals surface area contributed by atoms with Gasteiger partial charge in [0.25, 0.3) is 0 Å². The fourth-order valence-electron chi connectivity index (χ4n) is 4.19. The van der Waals surface area contributed by atoms with Crippen molar-refractivity contribution in [2.24, 2.45) is 4.99 Å². The normalized spacial score (nSPS) is 22.0. The van der Waals surface area contributed by atoms with Crippen LogP contribution in [-0.2, 0) is 0 Å². The minimum Gasteiger partial charge on any atom is -0.468 e. The summed E-state index contributed by atoms with van der Waals surface area (Å²) in [4.78, 5) is 11.9. The molecule has 7 nitrogen and oxygen atoms in total. The van der Waals surface area contributed by atoms with Crippen molar-refractivity contribution >= 4 is 5.96 Å². The van der Waals surface area contributed by atoms with Crippen LogP contribution in [0.3, 0.4) is 0 Å². The predicted octanol–water partition coefficient (Wildman–Crippen LogP) is 1.61. The Balaban J connectivity index is 1.45. The van der Waals surface area contributed by atoms with E-state index in [4.69, 9.17) is 4.42 Å². The molecule has 0 bridgehead atoms. The van der Waals surface area contributed by atoms with Gasteiger partial charge in [0.1, 0.15) is 5.76 Å². The Morgan fingerprint density at radius 3 is 2.68 bits per heavy atom. The lowest BCUT2D eigenvalue weighted by Gasteiger charge is -2.33. The molecule has 28 heavy (non-hydrogen) atoms. The molecule has 0 aliphatic carbocycles. The summed E-state index contributed by atoms with van der Waals surface area (Å²) in [7, 11) is 4.06. The molecule has 0 aromatic carbocycles. The highest BCUT2D eigenvalue weighted by atomic mass is 16.3. The number of piperidine rings is 1. The van der Waals surface area contributed by atoms with Crippen LogP contribution in [0.5, 0.6) is 0 Å². The Morgan fingerprint density at radius 1 is 1.07 bits per heavy atom. The summed E-state index contributed by atoms with van der Waals surface area (Å²) in [5.41, 5.74) is 0. The van der Waals surface area contributed by atoms with E-state index in [2.05, 4.69) is 43.4 Å². The third-order valence-corrected chi connectivity index (χ3v) is 5.92. The molecule has 1 atom stereocenters. The predicted molar refractivity (Wildman–Crippen MR) is 115 cm³/mol. The summed E-state index contributed by atoms with van der Waals surface area (Å²) in [5.74, 6) is 1.92. The second-order valence-electron chi connectivity index (χ2n) is 8.01. The summed E-state index contributed by atoms with van der Waals surface area (Å²) in [6, 6.07) is 4.33. The highest BCUT2D eigenvalue weighted by Gasteiger charge is 2.24. The van der Waals surface area contributed by atoms with E-state index >= 15 is 0 Å². The molecule has 2 aliphatic rings. The maximum atomic E-state index is 5.74. The van der Waals surface area contributed by atoms with Gasteiger partial charge in [-0.15, -0.1) is 0 Å². The highest BCUT2D eigenvalue weighted by molar-refractivity contribution is 5.79. The molecule has 158 valence electrons. The van der Waals surface area contributed by atoms with Gasteiger partial charge in [-0.25, -0.2) is 0 Å². The Morgan fingerprint density at radius 2 is 1.93 bits per heavy atom. The standard InChI is InChI=1S/C21H38N6O/c1-22-21(23-9-14-26-11-7-10-25(2)15-16-26)24-18-19(20-8-6-17-28-20)27-12-4-3-5-13-27/h6,8,17,19H,3-5,7,9-16,18H2,1-2H3,(H2,22,23,24). The molecular formula is C21H38N6O. The number of aliphatic imine (C=N–C) groups is 1. The zero-order valence-corrected chi connectivity index (χ0v) is 17.7. The first-order chi connectivity index (χ1) is 13.8. The summed E-state index contributed by atoms with van der Waals surface area (Å²) in [5, 5.41) is 7.01. The van der Waals surface area contributed by atoms with Gasteiger partial charge in [-0.3, -0.25) is 9.89 Å². The topological polar surface area (TPSA) is 59.3 Å². The van der Waals surface area contributed by atoms with Crippen molar-refractivity contribution in [3.05, 3.63) is 24.2 Å². The van der Waals surface area contributed by atoms with Gasteiger partial charge in [-0.1, -0.05) is 6.42 Å². The SMILES string of the molecule is CN=C(NCCN1CCCN(C)CC1)NCC(c1ccco1)N1CCCCC1. The van der Waals surface area contributed by atoms with Gasteiger partial charge < -0.3 is 24.9 Å². The minimum absolute atomic E-state index is 0.259. The van der Waals surface area contributed by atoms with Gasteiger partial charge in [0, 0.05) is 39.8 Å². The number of likely N-dealkylation sites (N-methyl/N-ethyl adjacent to an activating group) is 1. The van der Waals surface area contributed by atoms with Crippen LogP contribution in [0.1, 0.15) is 37.5 Å². The van der Waals surface area contributed by atoms with Crippen LogP contribution >= 0.6 is 0 Å². The van der Waals surface area contributed by atoms with Crippen LogP contribution in [0.25, 0.3) is 0 Å². The van der Waals surface area contributed by atoms with Gasteiger partial charge >= 0.3 is 0 Å². The van der Waals surface area contributed by atoms with Crippen molar-refractivity contribution in [1.29, 1.82) is 0 Å². The van der Waals surface area contributed by atoms with E-state index < -0.39 is 0 Å². The van der Waals surface area contributed by atoms with Crippen molar-refractivity contribution in [1.82, 2.24) is 25.3 Å².